The lowest BCUT2D eigenvalue weighted by Crippen LogP contribution is -2.61. The highest BCUT2D eigenvalue weighted by molar-refractivity contribution is 5.85. The first-order chi connectivity index (χ1) is 8.78. The fraction of sp³-hybridized carbons (Fsp3) is 0.846. The van der Waals surface area contributed by atoms with Crippen molar-refractivity contribution in [2.75, 3.05) is 19.6 Å². The first kappa shape index (κ1) is 14.8. The molecule has 108 valence electrons. The fourth-order valence-electron chi connectivity index (χ4n) is 3.41. The van der Waals surface area contributed by atoms with Crippen LogP contribution in [0.4, 0.5) is 0 Å². The second-order valence-electron chi connectivity index (χ2n) is 5.61. The summed E-state index contributed by atoms with van der Waals surface area (Å²) in [5.74, 6) is 1.50. The normalized spacial score (nSPS) is 23.2. The maximum Gasteiger partial charge on any atom is 0.223 e. The lowest BCUT2D eigenvalue weighted by atomic mass is 9.79. The van der Waals surface area contributed by atoms with Crippen LogP contribution in [0.3, 0.4) is 0 Å². The minimum atomic E-state index is 0. The third-order valence-corrected chi connectivity index (χ3v) is 4.37. The standard InChI is InChI=1S/C13H22N4O.ClH/c1-11-15-12(16-18-11)9-17-8-7-14-10-13(17)5-3-2-4-6-13;/h14H,2-10H2,1H3;1H. The van der Waals surface area contributed by atoms with E-state index in [2.05, 4.69) is 20.4 Å². The molecule has 1 N–H and O–H groups in total. The highest BCUT2D eigenvalue weighted by atomic mass is 35.5. The van der Waals surface area contributed by atoms with Crippen molar-refractivity contribution in [2.45, 2.75) is 51.1 Å². The smallest absolute Gasteiger partial charge is 0.223 e. The molecule has 6 heteroatoms. The predicted octanol–water partition coefficient (Wildman–Crippen LogP) is 1.91. The van der Waals surface area contributed by atoms with Crippen LogP contribution in [-0.2, 0) is 6.54 Å². The Morgan fingerprint density at radius 3 is 2.79 bits per heavy atom. The quantitative estimate of drug-likeness (QED) is 0.900. The van der Waals surface area contributed by atoms with Crippen molar-refractivity contribution in [1.29, 1.82) is 0 Å². The number of hydrogen-bond acceptors (Lipinski definition) is 5. The van der Waals surface area contributed by atoms with Crippen LogP contribution in [0.2, 0.25) is 0 Å². The number of nitrogens with zero attached hydrogens (tertiary/aromatic N) is 3. The van der Waals surface area contributed by atoms with E-state index in [1.165, 1.54) is 32.1 Å². The molecule has 0 amide bonds. The monoisotopic (exact) mass is 286 g/mol. The first-order valence-electron chi connectivity index (χ1n) is 7.03. The van der Waals surface area contributed by atoms with Crippen LogP contribution in [0.15, 0.2) is 4.52 Å². The Hall–Kier alpha value is -0.650. The Morgan fingerprint density at radius 1 is 1.32 bits per heavy atom. The second-order valence-corrected chi connectivity index (χ2v) is 5.61. The largest absolute Gasteiger partial charge is 0.340 e. The van der Waals surface area contributed by atoms with Gasteiger partial charge in [-0.05, 0) is 12.8 Å². The molecule has 2 heterocycles. The Bertz CT molecular complexity index is 395. The number of aryl methyl sites for hydroxylation is 1. The Labute approximate surface area is 120 Å². The summed E-state index contributed by atoms with van der Waals surface area (Å²) < 4.78 is 5.08. The molecule has 0 bridgehead atoms. The van der Waals surface area contributed by atoms with Crippen LogP contribution in [0.25, 0.3) is 0 Å². The van der Waals surface area contributed by atoms with Gasteiger partial charge in [-0.1, -0.05) is 24.4 Å². The summed E-state index contributed by atoms with van der Waals surface area (Å²) in [5, 5.41) is 7.60. The zero-order valence-electron chi connectivity index (χ0n) is 11.5. The summed E-state index contributed by atoms with van der Waals surface area (Å²) in [6.07, 6.45) is 6.69. The maximum atomic E-state index is 5.08. The van der Waals surface area contributed by atoms with Gasteiger partial charge in [0.25, 0.3) is 0 Å². The van der Waals surface area contributed by atoms with Crippen LogP contribution in [-0.4, -0.2) is 40.2 Å². The molecule has 0 atom stereocenters. The topological polar surface area (TPSA) is 54.2 Å². The van der Waals surface area contributed by atoms with Gasteiger partial charge < -0.3 is 9.84 Å². The molecule has 0 radical (unpaired) electrons. The average molecular weight is 287 g/mol. The summed E-state index contributed by atoms with van der Waals surface area (Å²) in [6, 6.07) is 0. The maximum absolute atomic E-state index is 5.08. The van der Waals surface area contributed by atoms with Gasteiger partial charge in [0, 0.05) is 32.1 Å². The molecule has 2 aliphatic rings. The Morgan fingerprint density at radius 2 is 2.11 bits per heavy atom. The Balaban J connectivity index is 0.00000133. The first-order valence-corrected chi connectivity index (χ1v) is 7.03. The minimum Gasteiger partial charge on any atom is -0.340 e. The minimum absolute atomic E-state index is 0. The molecular formula is C13H23ClN4O. The van der Waals surface area contributed by atoms with Crippen LogP contribution in [0.5, 0.6) is 0 Å². The molecule has 1 aliphatic heterocycles. The zero-order valence-corrected chi connectivity index (χ0v) is 12.3. The molecule has 1 spiro atoms. The van der Waals surface area contributed by atoms with E-state index in [9.17, 15) is 0 Å². The van der Waals surface area contributed by atoms with Crippen molar-refractivity contribution in [3.63, 3.8) is 0 Å². The van der Waals surface area contributed by atoms with Gasteiger partial charge in [0.15, 0.2) is 5.82 Å². The van der Waals surface area contributed by atoms with Gasteiger partial charge in [0.05, 0.1) is 6.54 Å². The van der Waals surface area contributed by atoms with E-state index in [0.717, 1.165) is 32.0 Å². The summed E-state index contributed by atoms with van der Waals surface area (Å²) >= 11 is 0. The molecule has 5 nitrogen and oxygen atoms in total. The van der Waals surface area contributed by atoms with Crippen molar-refractivity contribution < 1.29 is 4.52 Å². The van der Waals surface area contributed by atoms with Crippen molar-refractivity contribution in [3.8, 4) is 0 Å². The van der Waals surface area contributed by atoms with Gasteiger partial charge >= 0.3 is 0 Å². The Kier molecular flexibility index (Phi) is 4.81. The third kappa shape index (κ3) is 3.09. The molecular weight excluding hydrogens is 264 g/mol. The van der Waals surface area contributed by atoms with Gasteiger partial charge in [0.1, 0.15) is 0 Å². The summed E-state index contributed by atoms with van der Waals surface area (Å²) in [4.78, 5) is 6.92. The summed E-state index contributed by atoms with van der Waals surface area (Å²) in [6.45, 7) is 5.96. The lowest BCUT2D eigenvalue weighted by Gasteiger charge is -2.49. The molecule has 2 fully saturated rings. The van der Waals surface area contributed by atoms with Crippen LogP contribution < -0.4 is 5.32 Å². The van der Waals surface area contributed by atoms with E-state index in [1.54, 1.807) is 0 Å². The average Bonchev–Trinajstić information content (AvgIpc) is 2.79. The molecule has 1 aromatic heterocycles. The van der Waals surface area contributed by atoms with Gasteiger partial charge in [-0.15, -0.1) is 12.4 Å². The summed E-state index contributed by atoms with van der Waals surface area (Å²) in [7, 11) is 0. The number of hydrogen-bond donors (Lipinski definition) is 1. The molecule has 1 aliphatic carbocycles. The van der Waals surface area contributed by atoms with Gasteiger partial charge in [-0.2, -0.15) is 4.98 Å². The van der Waals surface area contributed by atoms with Crippen LogP contribution in [0.1, 0.15) is 43.8 Å². The van der Waals surface area contributed by atoms with Crippen molar-refractivity contribution in [3.05, 3.63) is 11.7 Å². The van der Waals surface area contributed by atoms with Crippen LogP contribution in [0, 0.1) is 6.92 Å². The van der Waals surface area contributed by atoms with Gasteiger partial charge in [-0.3, -0.25) is 4.90 Å². The molecule has 1 saturated carbocycles. The van der Waals surface area contributed by atoms with Crippen molar-refractivity contribution in [2.24, 2.45) is 0 Å². The summed E-state index contributed by atoms with van der Waals surface area (Å²) in [5.41, 5.74) is 0.338. The molecule has 19 heavy (non-hydrogen) atoms. The van der Waals surface area contributed by atoms with Crippen LogP contribution >= 0.6 is 12.4 Å². The number of piperazine rings is 1. The molecule has 1 aromatic rings. The molecule has 0 aromatic carbocycles. The zero-order chi connectivity index (χ0) is 12.4. The third-order valence-electron chi connectivity index (χ3n) is 4.37. The molecule has 1 saturated heterocycles. The SMILES string of the molecule is Cc1nc(CN2CCNCC23CCCCC3)no1.Cl. The van der Waals surface area contributed by atoms with E-state index in [1.807, 2.05) is 6.92 Å². The lowest BCUT2D eigenvalue weighted by molar-refractivity contribution is 0.0184. The van der Waals surface area contributed by atoms with E-state index in [4.69, 9.17) is 4.52 Å². The number of nitrogens with one attached hydrogen (secondary N) is 1. The second kappa shape index (κ2) is 6.20. The van der Waals surface area contributed by atoms with E-state index in [0.29, 0.717) is 11.4 Å². The number of halogens is 1. The van der Waals surface area contributed by atoms with Gasteiger partial charge in [-0.25, -0.2) is 0 Å². The fourth-order valence-corrected chi connectivity index (χ4v) is 3.41. The predicted molar refractivity (Wildman–Crippen MR) is 75.4 cm³/mol. The van der Waals surface area contributed by atoms with E-state index >= 15 is 0 Å². The van der Waals surface area contributed by atoms with E-state index in [-0.39, 0.29) is 12.4 Å². The van der Waals surface area contributed by atoms with Crippen molar-refractivity contribution >= 4 is 12.4 Å². The van der Waals surface area contributed by atoms with Crippen molar-refractivity contribution in [1.82, 2.24) is 20.4 Å². The van der Waals surface area contributed by atoms with E-state index < -0.39 is 0 Å². The number of rotatable bonds is 2. The molecule has 3 rings (SSSR count). The number of aromatic nitrogens is 2. The molecule has 0 unspecified atom stereocenters. The highest BCUT2D eigenvalue weighted by Gasteiger charge is 2.39. The highest BCUT2D eigenvalue weighted by Crippen LogP contribution is 2.35. The van der Waals surface area contributed by atoms with Gasteiger partial charge in [0.2, 0.25) is 5.89 Å².